The van der Waals surface area contributed by atoms with Crippen molar-refractivity contribution in [2.75, 3.05) is 29.3 Å². The van der Waals surface area contributed by atoms with Crippen molar-refractivity contribution in [1.29, 1.82) is 0 Å². The highest BCUT2D eigenvalue weighted by molar-refractivity contribution is 9.10. The van der Waals surface area contributed by atoms with E-state index >= 15 is 0 Å². The van der Waals surface area contributed by atoms with Crippen LogP contribution < -0.4 is 20.5 Å². The molecule has 1 aliphatic heterocycles. The van der Waals surface area contributed by atoms with Crippen molar-refractivity contribution < 1.29 is 14.4 Å². The Labute approximate surface area is 282 Å². The number of rotatable bonds is 10. The van der Waals surface area contributed by atoms with Crippen LogP contribution in [0.4, 0.5) is 17.5 Å². The number of anilines is 3. The molecule has 1 aromatic heterocycles. The number of Topliss-reactive ketones (excluding diaryl/α,β-unsaturated/α-hetero) is 1. The summed E-state index contributed by atoms with van der Waals surface area (Å²) in [5.74, 6) is -1.11. The first kappa shape index (κ1) is 32.3. The molecular weight excluding hydrogens is 658 g/mol. The number of carbonyl (C=O) groups is 3. The topological polar surface area (TPSA) is 120 Å². The Morgan fingerprint density at radius 2 is 1.57 bits per heavy atom. The lowest BCUT2D eigenvalue weighted by atomic mass is 9.82. The molecule has 6 rings (SSSR count). The molecule has 2 amide bonds. The minimum absolute atomic E-state index is 0.0836. The Hall–Kier alpha value is -4.64. The molecule has 2 aliphatic rings. The maximum absolute atomic E-state index is 14.0. The molecule has 2 heterocycles. The minimum Gasteiger partial charge on any atom is -0.362 e. The third kappa shape index (κ3) is 7.20. The smallest absolute Gasteiger partial charge is 0.257 e. The Kier molecular flexibility index (Phi) is 9.63. The fourth-order valence-electron chi connectivity index (χ4n) is 6.45. The average molecular weight is 697 g/mol. The lowest BCUT2D eigenvalue weighted by molar-refractivity contribution is -0.131. The second-order valence-corrected chi connectivity index (χ2v) is 13.3. The molecule has 0 bridgehead atoms. The molecular formula is C36H38BrN7O3. The van der Waals surface area contributed by atoms with Crippen LogP contribution in [-0.2, 0) is 9.59 Å². The number of para-hydroxylation sites is 2. The Bertz CT molecular complexity index is 1800. The van der Waals surface area contributed by atoms with E-state index in [1.807, 2.05) is 61.5 Å². The summed E-state index contributed by atoms with van der Waals surface area (Å²) in [7, 11) is 3.94. The molecule has 1 saturated carbocycles. The number of benzene rings is 3. The third-order valence-electron chi connectivity index (χ3n) is 8.91. The van der Waals surface area contributed by atoms with Gasteiger partial charge in [0.05, 0.1) is 23.0 Å². The van der Waals surface area contributed by atoms with Crippen molar-refractivity contribution >= 4 is 67.6 Å². The number of carbonyl (C=O) groups excluding carboxylic acids is 3. The van der Waals surface area contributed by atoms with Crippen LogP contribution in [0.25, 0.3) is 10.9 Å². The summed E-state index contributed by atoms with van der Waals surface area (Å²) in [4.78, 5) is 52.8. The summed E-state index contributed by atoms with van der Waals surface area (Å²) in [5.41, 5.74) is 2.51. The first-order valence-corrected chi connectivity index (χ1v) is 16.7. The molecule has 47 heavy (non-hydrogen) atoms. The van der Waals surface area contributed by atoms with Crippen molar-refractivity contribution in [2.24, 2.45) is 16.9 Å². The van der Waals surface area contributed by atoms with Crippen LogP contribution in [-0.4, -0.2) is 59.5 Å². The second-order valence-electron chi connectivity index (χ2n) is 12.4. The number of hydrogen-bond donors (Lipinski definition) is 2. The first-order valence-electron chi connectivity index (χ1n) is 15.9. The number of halogens is 1. The van der Waals surface area contributed by atoms with Crippen LogP contribution in [0.1, 0.15) is 49.4 Å². The molecule has 1 fully saturated rings. The van der Waals surface area contributed by atoms with E-state index in [4.69, 9.17) is 9.97 Å². The van der Waals surface area contributed by atoms with Crippen molar-refractivity contribution in [3.05, 3.63) is 88.9 Å². The van der Waals surface area contributed by atoms with Gasteiger partial charge in [-0.25, -0.2) is 9.99 Å². The van der Waals surface area contributed by atoms with Crippen LogP contribution in [0.5, 0.6) is 0 Å². The van der Waals surface area contributed by atoms with Crippen molar-refractivity contribution in [3.63, 3.8) is 0 Å². The zero-order valence-electron chi connectivity index (χ0n) is 26.7. The summed E-state index contributed by atoms with van der Waals surface area (Å²) >= 11 is 3.41. The molecule has 2 N–H and O–H groups in total. The van der Waals surface area contributed by atoms with Crippen molar-refractivity contribution in [3.8, 4) is 0 Å². The number of hydrazone groups is 1. The van der Waals surface area contributed by atoms with Gasteiger partial charge in [0.1, 0.15) is 5.82 Å². The number of aromatic nitrogens is 2. The van der Waals surface area contributed by atoms with Gasteiger partial charge >= 0.3 is 0 Å². The number of ketones is 1. The van der Waals surface area contributed by atoms with E-state index in [9.17, 15) is 14.4 Å². The number of fused-ring (bicyclic) bond motifs is 1. The van der Waals surface area contributed by atoms with Gasteiger partial charge in [0, 0.05) is 53.7 Å². The van der Waals surface area contributed by atoms with Crippen LogP contribution >= 0.6 is 15.9 Å². The normalized spacial score (nSPS) is 20.1. The Morgan fingerprint density at radius 1 is 0.915 bits per heavy atom. The van der Waals surface area contributed by atoms with E-state index in [-0.39, 0.29) is 36.1 Å². The summed E-state index contributed by atoms with van der Waals surface area (Å²) in [6, 6.07) is 24.2. The van der Waals surface area contributed by atoms with Crippen LogP contribution in [0.3, 0.4) is 0 Å². The molecule has 2 unspecified atom stereocenters. The van der Waals surface area contributed by atoms with E-state index in [0.717, 1.165) is 46.9 Å². The highest BCUT2D eigenvalue weighted by atomic mass is 79.9. The molecule has 2 atom stereocenters. The first-order chi connectivity index (χ1) is 22.7. The molecule has 242 valence electrons. The van der Waals surface area contributed by atoms with Gasteiger partial charge in [0.15, 0.2) is 5.78 Å². The molecule has 0 spiro atoms. The summed E-state index contributed by atoms with van der Waals surface area (Å²) in [6.07, 6.45) is 3.00. The van der Waals surface area contributed by atoms with E-state index in [1.54, 1.807) is 43.3 Å². The van der Waals surface area contributed by atoms with Gasteiger partial charge in [-0.15, -0.1) is 0 Å². The lowest BCUT2D eigenvalue weighted by Gasteiger charge is -2.31. The van der Waals surface area contributed by atoms with E-state index < -0.39 is 11.8 Å². The van der Waals surface area contributed by atoms with Gasteiger partial charge in [-0.2, -0.15) is 10.1 Å². The maximum Gasteiger partial charge on any atom is 0.257 e. The third-order valence-corrected chi connectivity index (χ3v) is 9.44. The summed E-state index contributed by atoms with van der Waals surface area (Å²) in [6.45, 7) is 1.75. The zero-order valence-corrected chi connectivity index (χ0v) is 28.3. The molecule has 3 aromatic carbocycles. The number of hydrogen-bond acceptors (Lipinski definition) is 8. The maximum atomic E-state index is 14.0. The van der Waals surface area contributed by atoms with Gasteiger partial charge in [-0.1, -0.05) is 58.4 Å². The fourth-order valence-corrected chi connectivity index (χ4v) is 6.71. The summed E-state index contributed by atoms with van der Waals surface area (Å²) in [5, 5.41) is 13.6. The van der Waals surface area contributed by atoms with E-state index in [2.05, 4.69) is 31.7 Å². The SMILES string of the molecule is CC1=NN(c2ccccc2)C(=O)C1C(CC(=O)c1ccc(Br)cc1)C(=O)NC1CCC(Nc2nc(N(C)C)c3ccccc3n2)CC1. The minimum atomic E-state index is -0.901. The highest BCUT2D eigenvalue weighted by Gasteiger charge is 2.44. The van der Waals surface area contributed by atoms with Gasteiger partial charge < -0.3 is 15.5 Å². The van der Waals surface area contributed by atoms with Gasteiger partial charge in [-0.05, 0) is 69.0 Å². The standard InChI is InChI=1S/C36H38BrN7O3/c1-22-32(35(47)44(42-22)27-9-5-4-6-10-27)29(21-31(45)23-13-15-24(37)16-14-23)34(46)38-25-17-19-26(20-18-25)39-36-40-30-12-8-7-11-28(30)33(41-36)43(2)3/h4-16,25-26,29,32H,17-21H2,1-3H3,(H,38,46)(H,39,40,41). The molecule has 10 nitrogen and oxygen atoms in total. The second kappa shape index (κ2) is 14.0. The van der Waals surface area contributed by atoms with Gasteiger partial charge in [-0.3, -0.25) is 14.4 Å². The highest BCUT2D eigenvalue weighted by Crippen LogP contribution is 2.32. The Balaban J connectivity index is 1.15. The zero-order chi connectivity index (χ0) is 33.1. The number of amides is 2. The van der Waals surface area contributed by atoms with Crippen LogP contribution in [0, 0.1) is 11.8 Å². The van der Waals surface area contributed by atoms with Crippen molar-refractivity contribution in [1.82, 2.24) is 15.3 Å². The molecule has 0 saturated heterocycles. The van der Waals surface area contributed by atoms with Gasteiger partial charge in [0.25, 0.3) is 5.91 Å². The van der Waals surface area contributed by atoms with Gasteiger partial charge in [0.2, 0.25) is 11.9 Å². The van der Waals surface area contributed by atoms with Crippen LogP contribution in [0.15, 0.2) is 88.4 Å². The predicted octanol–water partition coefficient (Wildman–Crippen LogP) is 6.23. The molecule has 11 heteroatoms. The van der Waals surface area contributed by atoms with Crippen LogP contribution in [0.2, 0.25) is 0 Å². The molecule has 1 aliphatic carbocycles. The summed E-state index contributed by atoms with van der Waals surface area (Å²) < 4.78 is 0.853. The number of nitrogens with one attached hydrogen (secondary N) is 2. The average Bonchev–Trinajstić information content (AvgIpc) is 3.37. The largest absolute Gasteiger partial charge is 0.362 e. The quantitative estimate of drug-likeness (QED) is 0.189. The van der Waals surface area contributed by atoms with E-state index in [0.29, 0.717) is 22.9 Å². The lowest BCUT2D eigenvalue weighted by Crippen LogP contribution is -2.47. The molecule has 4 aromatic rings. The monoisotopic (exact) mass is 695 g/mol. The number of nitrogens with zero attached hydrogens (tertiary/aromatic N) is 5. The van der Waals surface area contributed by atoms with E-state index in [1.165, 1.54) is 5.01 Å². The predicted molar refractivity (Wildman–Crippen MR) is 189 cm³/mol. The molecule has 0 radical (unpaired) electrons. The Morgan fingerprint density at radius 3 is 2.28 bits per heavy atom. The van der Waals surface area contributed by atoms with Crippen molar-refractivity contribution in [2.45, 2.75) is 51.1 Å². The fraction of sp³-hybridized carbons (Fsp3) is 0.333.